The molecule has 1 rings (SSSR count). The molecule has 2 N–H and O–H groups in total. The zero-order chi connectivity index (χ0) is 15.4. The topological polar surface area (TPSA) is 66.4 Å². The number of hydrogen-bond acceptors (Lipinski definition) is 2. The fraction of sp³-hybridized carbons (Fsp3) is 0.500. The molecule has 0 heterocycles. The monoisotopic (exact) mass is 279 g/mol. The summed E-state index contributed by atoms with van der Waals surface area (Å²) in [5, 5.41) is 11.3. The van der Waals surface area contributed by atoms with Crippen molar-refractivity contribution in [2.75, 3.05) is 0 Å². The maximum atomic E-state index is 11.2. The molecule has 0 aliphatic carbocycles. The summed E-state index contributed by atoms with van der Waals surface area (Å²) in [6.07, 6.45) is 1.60. The van der Waals surface area contributed by atoms with Crippen LogP contribution in [0.25, 0.3) is 0 Å². The van der Waals surface area contributed by atoms with Gasteiger partial charge in [-0.1, -0.05) is 57.2 Å². The van der Waals surface area contributed by atoms with Crippen molar-refractivity contribution in [1.29, 1.82) is 0 Å². The molecule has 1 aromatic carbocycles. The lowest BCUT2D eigenvalue weighted by molar-refractivity contribution is -0.142. The summed E-state index contributed by atoms with van der Waals surface area (Å²) in [4.78, 5) is 21.9. The third-order valence-corrected chi connectivity index (χ3v) is 2.48. The Hall–Kier alpha value is -1.84. The molecule has 4 nitrogen and oxygen atoms in total. The van der Waals surface area contributed by atoms with Crippen LogP contribution in [-0.4, -0.2) is 23.0 Å². The van der Waals surface area contributed by atoms with Crippen LogP contribution in [0.4, 0.5) is 0 Å². The van der Waals surface area contributed by atoms with Crippen LogP contribution in [0.1, 0.15) is 40.0 Å². The largest absolute Gasteiger partial charge is 0.480 e. The van der Waals surface area contributed by atoms with Crippen LogP contribution in [0.2, 0.25) is 0 Å². The molecule has 1 aromatic rings. The molecular formula is C16H25NO3. The van der Waals surface area contributed by atoms with E-state index >= 15 is 0 Å². The predicted octanol–water partition coefficient (Wildman–Crippen LogP) is 3.09. The number of aliphatic carboxylic acids is 1. The van der Waals surface area contributed by atoms with Crippen LogP contribution in [0.5, 0.6) is 0 Å². The lowest BCUT2D eigenvalue weighted by Gasteiger charge is -2.16. The van der Waals surface area contributed by atoms with E-state index in [-0.39, 0.29) is 11.8 Å². The maximum Gasteiger partial charge on any atom is 0.326 e. The number of carboxylic acid groups (broad SMARTS) is 1. The van der Waals surface area contributed by atoms with Gasteiger partial charge >= 0.3 is 5.97 Å². The van der Waals surface area contributed by atoms with E-state index in [4.69, 9.17) is 5.11 Å². The normalized spacial score (nSPS) is 11.2. The van der Waals surface area contributed by atoms with E-state index in [9.17, 15) is 9.59 Å². The van der Waals surface area contributed by atoms with Crippen LogP contribution in [0, 0.1) is 5.92 Å². The zero-order valence-electron chi connectivity index (χ0n) is 12.5. The Kier molecular flexibility index (Phi) is 10.0. The highest BCUT2D eigenvalue weighted by Gasteiger charge is 2.20. The Morgan fingerprint density at radius 3 is 1.80 bits per heavy atom. The van der Waals surface area contributed by atoms with Gasteiger partial charge < -0.3 is 10.4 Å². The molecule has 0 bridgehead atoms. The van der Waals surface area contributed by atoms with Gasteiger partial charge in [0.15, 0.2) is 0 Å². The Bertz CT molecular complexity index is 350. The van der Waals surface area contributed by atoms with Crippen LogP contribution in [-0.2, 0) is 9.59 Å². The minimum atomic E-state index is -0.955. The number of benzene rings is 1. The molecule has 0 aromatic heterocycles. The average Bonchev–Trinajstić information content (AvgIpc) is 2.40. The first-order chi connectivity index (χ1) is 9.47. The molecule has 112 valence electrons. The SMILES string of the molecule is CCCC(=O)NC(CC(C)C)C(=O)O.c1ccccc1. The van der Waals surface area contributed by atoms with Gasteiger partial charge in [-0.2, -0.15) is 0 Å². The van der Waals surface area contributed by atoms with E-state index in [2.05, 4.69) is 5.32 Å². The van der Waals surface area contributed by atoms with E-state index < -0.39 is 12.0 Å². The van der Waals surface area contributed by atoms with Crippen molar-refractivity contribution in [2.24, 2.45) is 5.92 Å². The van der Waals surface area contributed by atoms with Gasteiger partial charge in [-0.05, 0) is 18.8 Å². The number of carbonyl (C=O) groups is 2. The molecule has 1 unspecified atom stereocenters. The Morgan fingerprint density at radius 1 is 1.05 bits per heavy atom. The van der Waals surface area contributed by atoms with Crippen molar-refractivity contribution in [1.82, 2.24) is 5.32 Å². The lowest BCUT2D eigenvalue weighted by Crippen LogP contribution is -2.41. The summed E-state index contributed by atoms with van der Waals surface area (Å²) in [5.74, 6) is -0.873. The molecule has 0 fully saturated rings. The highest BCUT2D eigenvalue weighted by Crippen LogP contribution is 2.05. The van der Waals surface area contributed by atoms with E-state index in [1.165, 1.54) is 0 Å². The standard InChI is InChI=1S/C10H19NO3.C6H6/c1-4-5-9(12)11-8(10(13)14)6-7(2)3;1-2-4-6-5-3-1/h7-8H,4-6H2,1-3H3,(H,11,12)(H,13,14);1-6H. The second-order valence-corrected chi connectivity index (χ2v) is 4.99. The van der Waals surface area contributed by atoms with Crippen molar-refractivity contribution < 1.29 is 14.7 Å². The van der Waals surface area contributed by atoms with Gasteiger partial charge in [-0.3, -0.25) is 4.79 Å². The van der Waals surface area contributed by atoms with Gasteiger partial charge in [0.2, 0.25) is 5.91 Å². The molecule has 20 heavy (non-hydrogen) atoms. The predicted molar refractivity (Wildman–Crippen MR) is 80.4 cm³/mol. The average molecular weight is 279 g/mol. The van der Waals surface area contributed by atoms with Crippen LogP contribution < -0.4 is 5.32 Å². The molecule has 0 saturated heterocycles. The molecule has 1 atom stereocenters. The van der Waals surface area contributed by atoms with Gasteiger partial charge in [-0.25, -0.2) is 4.79 Å². The van der Waals surface area contributed by atoms with Gasteiger partial charge in [0.25, 0.3) is 0 Å². The third-order valence-electron chi connectivity index (χ3n) is 2.48. The molecule has 4 heteroatoms. The van der Waals surface area contributed by atoms with Crippen LogP contribution in [0.3, 0.4) is 0 Å². The van der Waals surface area contributed by atoms with Crippen molar-refractivity contribution in [3.05, 3.63) is 36.4 Å². The quantitative estimate of drug-likeness (QED) is 0.841. The number of carbonyl (C=O) groups excluding carboxylic acids is 1. The summed E-state index contributed by atoms with van der Waals surface area (Å²) in [7, 11) is 0. The first kappa shape index (κ1) is 18.2. The van der Waals surface area contributed by atoms with Crippen LogP contribution in [0.15, 0.2) is 36.4 Å². The molecule has 0 aliphatic rings. The first-order valence-corrected chi connectivity index (χ1v) is 6.99. The fourth-order valence-corrected chi connectivity index (χ4v) is 1.57. The summed E-state index contributed by atoms with van der Waals surface area (Å²) in [6.45, 7) is 5.75. The summed E-state index contributed by atoms with van der Waals surface area (Å²) >= 11 is 0. The number of amides is 1. The van der Waals surface area contributed by atoms with E-state index in [1.807, 2.05) is 57.2 Å². The molecule has 0 spiro atoms. The molecule has 0 saturated carbocycles. The summed E-state index contributed by atoms with van der Waals surface area (Å²) in [6, 6.07) is 11.3. The Labute approximate surface area is 121 Å². The van der Waals surface area contributed by atoms with E-state index in [0.29, 0.717) is 12.8 Å². The van der Waals surface area contributed by atoms with E-state index in [0.717, 1.165) is 6.42 Å². The fourth-order valence-electron chi connectivity index (χ4n) is 1.57. The number of carboxylic acids is 1. The van der Waals surface area contributed by atoms with Gasteiger partial charge in [0.1, 0.15) is 6.04 Å². The lowest BCUT2D eigenvalue weighted by atomic mass is 10.0. The van der Waals surface area contributed by atoms with Gasteiger partial charge in [-0.15, -0.1) is 0 Å². The zero-order valence-corrected chi connectivity index (χ0v) is 12.5. The highest BCUT2D eigenvalue weighted by atomic mass is 16.4. The minimum absolute atomic E-state index is 0.180. The third kappa shape index (κ3) is 10.1. The smallest absolute Gasteiger partial charge is 0.326 e. The number of hydrogen-bond donors (Lipinski definition) is 2. The second kappa shape index (κ2) is 11.0. The van der Waals surface area contributed by atoms with Crippen molar-refractivity contribution in [3.8, 4) is 0 Å². The Morgan fingerprint density at radius 2 is 1.50 bits per heavy atom. The maximum absolute atomic E-state index is 11.2. The van der Waals surface area contributed by atoms with Gasteiger partial charge in [0, 0.05) is 6.42 Å². The highest BCUT2D eigenvalue weighted by molar-refractivity contribution is 5.83. The van der Waals surface area contributed by atoms with Crippen molar-refractivity contribution in [3.63, 3.8) is 0 Å². The number of nitrogens with one attached hydrogen (secondary N) is 1. The Balaban J connectivity index is 0.000000493. The van der Waals surface area contributed by atoms with Crippen LogP contribution >= 0.6 is 0 Å². The molecule has 0 radical (unpaired) electrons. The van der Waals surface area contributed by atoms with Gasteiger partial charge in [0.05, 0.1) is 0 Å². The second-order valence-electron chi connectivity index (χ2n) is 4.99. The minimum Gasteiger partial charge on any atom is -0.480 e. The van der Waals surface area contributed by atoms with E-state index in [1.54, 1.807) is 0 Å². The van der Waals surface area contributed by atoms with Crippen molar-refractivity contribution >= 4 is 11.9 Å². The molecular weight excluding hydrogens is 254 g/mol. The summed E-state index contributed by atoms with van der Waals surface area (Å²) in [5.41, 5.74) is 0. The molecule has 1 amide bonds. The first-order valence-electron chi connectivity index (χ1n) is 6.99. The van der Waals surface area contributed by atoms with Crippen molar-refractivity contribution in [2.45, 2.75) is 46.1 Å². The summed E-state index contributed by atoms with van der Waals surface area (Å²) < 4.78 is 0. The number of rotatable bonds is 6. The molecule has 0 aliphatic heterocycles.